The average molecular weight is 221 g/mol. The maximum Gasteiger partial charge on any atom is 0.0670 e. The largest absolute Gasteiger partial charge is 0.390 e. The summed E-state index contributed by atoms with van der Waals surface area (Å²) in [6.45, 7) is 2.60. The number of rotatable bonds is 1. The molecular weight excluding hydrogens is 198 g/mol. The van der Waals surface area contributed by atoms with Crippen molar-refractivity contribution in [1.29, 1.82) is 0 Å². The third-order valence-corrected chi connectivity index (χ3v) is 5.78. The first-order valence-electron chi connectivity index (χ1n) is 7.15. The summed E-state index contributed by atoms with van der Waals surface area (Å²) < 4.78 is 0. The fourth-order valence-corrected chi connectivity index (χ4v) is 5.73. The van der Waals surface area contributed by atoms with E-state index >= 15 is 0 Å². The van der Waals surface area contributed by atoms with Crippen molar-refractivity contribution in [3.63, 3.8) is 0 Å². The van der Waals surface area contributed by atoms with Gasteiger partial charge in [0.1, 0.15) is 0 Å². The second-order valence-corrected chi connectivity index (χ2v) is 7.10. The maximum absolute atomic E-state index is 10.7. The van der Waals surface area contributed by atoms with E-state index in [2.05, 4.69) is 4.90 Å². The number of hydrogen-bond donors (Lipinski definition) is 1. The van der Waals surface area contributed by atoms with Crippen LogP contribution in [0, 0.1) is 11.8 Å². The topological polar surface area (TPSA) is 23.5 Å². The molecule has 2 heteroatoms. The molecule has 0 aromatic carbocycles. The Labute approximate surface area is 98.0 Å². The summed E-state index contributed by atoms with van der Waals surface area (Å²) in [5, 5.41) is 10.7. The second kappa shape index (κ2) is 3.02. The SMILES string of the molecule is OC12C[C@H]3C[C@H](C1)CC(N1CCCC1)(C3)C2. The van der Waals surface area contributed by atoms with Gasteiger partial charge in [-0.05, 0) is 76.3 Å². The molecular formula is C14H23NO. The van der Waals surface area contributed by atoms with Crippen LogP contribution in [0.2, 0.25) is 0 Å². The molecule has 0 amide bonds. The Morgan fingerprint density at radius 3 is 2.12 bits per heavy atom. The minimum atomic E-state index is -0.271. The van der Waals surface area contributed by atoms with Crippen molar-refractivity contribution in [2.24, 2.45) is 11.8 Å². The summed E-state index contributed by atoms with van der Waals surface area (Å²) in [4.78, 5) is 2.75. The Hall–Kier alpha value is -0.0800. The molecule has 2 atom stereocenters. The predicted octanol–water partition coefficient (Wildman–Crippen LogP) is 2.17. The highest BCUT2D eigenvalue weighted by atomic mass is 16.3. The summed E-state index contributed by atoms with van der Waals surface area (Å²) in [7, 11) is 0. The second-order valence-electron chi connectivity index (χ2n) is 7.10. The van der Waals surface area contributed by atoms with E-state index in [1.54, 1.807) is 0 Å². The lowest BCUT2D eigenvalue weighted by Gasteiger charge is -2.63. The molecule has 0 spiro atoms. The molecule has 1 heterocycles. The standard InChI is InChI=1S/C14H23NO/c16-14-8-11-5-12(9-14)7-13(6-11,10-14)15-3-1-2-4-15/h11-12,16H,1-10H2/t11-,12-,13?,14?/m0/s1. The maximum atomic E-state index is 10.7. The van der Waals surface area contributed by atoms with Crippen LogP contribution in [-0.2, 0) is 0 Å². The van der Waals surface area contributed by atoms with E-state index < -0.39 is 0 Å². The summed E-state index contributed by atoms with van der Waals surface area (Å²) in [5.41, 5.74) is 0.155. The molecule has 2 nitrogen and oxygen atoms in total. The minimum Gasteiger partial charge on any atom is -0.390 e. The van der Waals surface area contributed by atoms with Crippen LogP contribution in [0.4, 0.5) is 0 Å². The summed E-state index contributed by atoms with van der Waals surface area (Å²) in [6.07, 6.45) is 10.3. The molecule has 0 aromatic rings. The van der Waals surface area contributed by atoms with Gasteiger partial charge in [-0.3, -0.25) is 4.90 Å². The number of nitrogens with zero attached hydrogens (tertiary/aromatic N) is 1. The van der Waals surface area contributed by atoms with Gasteiger partial charge in [0.05, 0.1) is 5.60 Å². The van der Waals surface area contributed by atoms with Crippen molar-refractivity contribution in [1.82, 2.24) is 4.90 Å². The monoisotopic (exact) mass is 221 g/mol. The molecule has 90 valence electrons. The van der Waals surface area contributed by atoms with Gasteiger partial charge in [-0.1, -0.05) is 0 Å². The summed E-state index contributed by atoms with van der Waals surface area (Å²) >= 11 is 0. The van der Waals surface area contributed by atoms with Crippen LogP contribution in [0.15, 0.2) is 0 Å². The van der Waals surface area contributed by atoms with Crippen LogP contribution < -0.4 is 0 Å². The summed E-state index contributed by atoms with van der Waals surface area (Å²) in [5.74, 6) is 1.68. The van der Waals surface area contributed by atoms with Gasteiger partial charge >= 0.3 is 0 Å². The number of likely N-dealkylation sites (tertiary alicyclic amines) is 1. The van der Waals surface area contributed by atoms with Crippen LogP contribution >= 0.6 is 0 Å². The van der Waals surface area contributed by atoms with Gasteiger partial charge in [-0.15, -0.1) is 0 Å². The van der Waals surface area contributed by atoms with Crippen molar-refractivity contribution in [2.45, 2.75) is 62.5 Å². The molecule has 1 aliphatic heterocycles. The molecule has 4 bridgehead atoms. The van der Waals surface area contributed by atoms with Crippen LogP contribution in [0.3, 0.4) is 0 Å². The number of aliphatic hydroxyl groups is 1. The van der Waals surface area contributed by atoms with E-state index in [0.717, 1.165) is 31.1 Å². The molecule has 0 aromatic heterocycles. The van der Waals surface area contributed by atoms with Gasteiger partial charge in [-0.2, -0.15) is 0 Å². The first kappa shape index (κ1) is 9.90. The zero-order valence-corrected chi connectivity index (χ0v) is 10.1. The van der Waals surface area contributed by atoms with Crippen molar-refractivity contribution in [3.05, 3.63) is 0 Å². The van der Waals surface area contributed by atoms with E-state index in [-0.39, 0.29) is 5.60 Å². The lowest BCUT2D eigenvalue weighted by atomic mass is 9.50. The molecule has 1 N–H and O–H groups in total. The highest BCUT2D eigenvalue weighted by Gasteiger charge is 2.59. The van der Waals surface area contributed by atoms with Gasteiger partial charge in [0, 0.05) is 5.54 Å². The molecule has 0 radical (unpaired) electrons. The quantitative estimate of drug-likeness (QED) is 0.733. The highest BCUT2D eigenvalue weighted by Crippen LogP contribution is 2.59. The third kappa shape index (κ3) is 1.26. The van der Waals surface area contributed by atoms with Crippen molar-refractivity contribution in [3.8, 4) is 0 Å². The average Bonchev–Trinajstić information content (AvgIpc) is 2.65. The van der Waals surface area contributed by atoms with Crippen molar-refractivity contribution >= 4 is 0 Å². The van der Waals surface area contributed by atoms with Gasteiger partial charge < -0.3 is 5.11 Å². The molecule has 1 saturated heterocycles. The smallest absolute Gasteiger partial charge is 0.0670 e. The Morgan fingerprint density at radius 2 is 1.56 bits per heavy atom. The highest BCUT2D eigenvalue weighted by molar-refractivity contribution is 5.13. The molecule has 4 aliphatic carbocycles. The molecule has 5 rings (SSSR count). The Balaban J connectivity index is 1.68. The first-order valence-corrected chi connectivity index (χ1v) is 7.15. The van der Waals surface area contributed by atoms with Gasteiger partial charge in [-0.25, -0.2) is 0 Å². The molecule has 0 unspecified atom stereocenters. The van der Waals surface area contributed by atoms with E-state index in [0.29, 0.717) is 5.54 Å². The van der Waals surface area contributed by atoms with Crippen molar-refractivity contribution < 1.29 is 5.11 Å². The first-order chi connectivity index (χ1) is 7.68. The third-order valence-electron chi connectivity index (χ3n) is 5.78. The lowest BCUT2D eigenvalue weighted by Crippen LogP contribution is -2.64. The predicted molar refractivity (Wildman–Crippen MR) is 63.2 cm³/mol. The molecule has 4 saturated carbocycles. The van der Waals surface area contributed by atoms with E-state index in [1.165, 1.54) is 45.2 Å². The normalized spacial score (nSPS) is 56.1. The minimum absolute atomic E-state index is 0.271. The van der Waals surface area contributed by atoms with E-state index in [4.69, 9.17) is 0 Å². The molecule has 16 heavy (non-hydrogen) atoms. The van der Waals surface area contributed by atoms with Crippen LogP contribution in [-0.4, -0.2) is 34.2 Å². The zero-order valence-electron chi connectivity index (χ0n) is 10.1. The fraction of sp³-hybridized carbons (Fsp3) is 1.00. The Kier molecular flexibility index (Phi) is 1.87. The zero-order chi connectivity index (χ0) is 10.8. The van der Waals surface area contributed by atoms with Crippen LogP contribution in [0.1, 0.15) is 51.4 Å². The Morgan fingerprint density at radius 1 is 0.938 bits per heavy atom. The van der Waals surface area contributed by atoms with Gasteiger partial charge in [0.25, 0.3) is 0 Å². The van der Waals surface area contributed by atoms with E-state index in [1.807, 2.05) is 0 Å². The lowest BCUT2D eigenvalue weighted by molar-refractivity contribution is -0.171. The van der Waals surface area contributed by atoms with Gasteiger partial charge in [0.2, 0.25) is 0 Å². The van der Waals surface area contributed by atoms with E-state index in [9.17, 15) is 5.11 Å². The van der Waals surface area contributed by atoms with Gasteiger partial charge in [0.15, 0.2) is 0 Å². The Bertz CT molecular complexity index is 294. The number of hydrogen-bond acceptors (Lipinski definition) is 2. The summed E-state index contributed by atoms with van der Waals surface area (Å²) in [6, 6.07) is 0. The van der Waals surface area contributed by atoms with Crippen molar-refractivity contribution in [2.75, 3.05) is 13.1 Å². The van der Waals surface area contributed by atoms with Crippen LogP contribution in [0.25, 0.3) is 0 Å². The molecule has 5 aliphatic rings. The fourth-order valence-electron chi connectivity index (χ4n) is 5.73. The van der Waals surface area contributed by atoms with Crippen LogP contribution in [0.5, 0.6) is 0 Å². The molecule has 5 fully saturated rings.